The summed E-state index contributed by atoms with van der Waals surface area (Å²) in [5.41, 5.74) is 0.209. The summed E-state index contributed by atoms with van der Waals surface area (Å²) in [6.07, 6.45) is -0.496. The predicted octanol–water partition coefficient (Wildman–Crippen LogP) is 0.887. The number of nitrogens with one attached hydrogen (secondary N) is 1. The number of nitriles is 1. The van der Waals surface area contributed by atoms with E-state index in [0.29, 0.717) is 0 Å². The molecule has 0 radical (unpaired) electrons. The van der Waals surface area contributed by atoms with E-state index in [1.165, 1.54) is 25.3 Å². The fourth-order valence-electron chi connectivity index (χ4n) is 1.47. The van der Waals surface area contributed by atoms with Crippen LogP contribution in [0.4, 0.5) is 0 Å². The lowest BCUT2D eigenvalue weighted by atomic mass is 10.2. The molecule has 20 heavy (non-hydrogen) atoms. The molecule has 0 saturated carbocycles. The molecule has 0 heterocycles. The zero-order valence-electron chi connectivity index (χ0n) is 10.8. The third-order valence-corrected chi connectivity index (χ3v) is 4.27. The van der Waals surface area contributed by atoms with Gasteiger partial charge in [0.25, 0.3) is 0 Å². The highest BCUT2D eigenvalue weighted by Gasteiger charge is 2.16. The summed E-state index contributed by atoms with van der Waals surface area (Å²) in [4.78, 5) is -0.0252. The summed E-state index contributed by atoms with van der Waals surface area (Å²) in [5, 5.41) is 18.2. The van der Waals surface area contributed by atoms with Gasteiger partial charge in [-0.25, -0.2) is 13.1 Å². The Kier molecular flexibility index (Phi) is 6.39. The van der Waals surface area contributed by atoms with Gasteiger partial charge in [-0.15, -0.1) is 0 Å². The average Bonchev–Trinajstić information content (AvgIpc) is 2.38. The second kappa shape index (κ2) is 7.57. The van der Waals surface area contributed by atoms with Gasteiger partial charge in [0.2, 0.25) is 10.0 Å². The number of rotatable bonds is 7. The molecular weight excluding hydrogens is 304 g/mol. The van der Waals surface area contributed by atoms with Gasteiger partial charge in [-0.3, -0.25) is 0 Å². The first-order valence-corrected chi connectivity index (χ1v) is 7.63. The van der Waals surface area contributed by atoms with Crippen molar-refractivity contribution in [2.45, 2.75) is 17.4 Å². The molecule has 0 aromatic heterocycles. The zero-order valence-corrected chi connectivity index (χ0v) is 12.4. The molecule has 0 aliphatic carbocycles. The largest absolute Gasteiger partial charge is 0.391 e. The zero-order chi connectivity index (χ0) is 15.2. The summed E-state index contributed by atoms with van der Waals surface area (Å²) in [7, 11) is -2.26. The van der Waals surface area contributed by atoms with E-state index in [9.17, 15) is 13.5 Å². The van der Waals surface area contributed by atoms with E-state index in [4.69, 9.17) is 21.6 Å². The van der Waals surface area contributed by atoms with Gasteiger partial charge in [-0.2, -0.15) is 5.26 Å². The first kappa shape index (κ1) is 16.9. The van der Waals surface area contributed by atoms with Crippen molar-refractivity contribution in [1.82, 2.24) is 4.72 Å². The number of aliphatic hydroxyl groups excluding tert-OH is 1. The number of sulfonamides is 1. The van der Waals surface area contributed by atoms with Gasteiger partial charge < -0.3 is 9.84 Å². The number of hydrogen-bond donors (Lipinski definition) is 2. The number of nitrogens with zero attached hydrogens (tertiary/aromatic N) is 1. The molecule has 110 valence electrons. The van der Waals surface area contributed by atoms with Gasteiger partial charge >= 0.3 is 0 Å². The Hall–Kier alpha value is -1.17. The molecule has 0 spiro atoms. The van der Waals surface area contributed by atoms with Crippen molar-refractivity contribution in [3.05, 3.63) is 28.8 Å². The third-order valence-electron chi connectivity index (χ3n) is 2.50. The minimum Gasteiger partial charge on any atom is -0.391 e. The highest BCUT2D eigenvalue weighted by molar-refractivity contribution is 7.89. The van der Waals surface area contributed by atoms with Crippen molar-refractivity contribution >= 4 is 21.6 Å². The molecular formula is C12H15ClN2O4S. The molecule has 0 aliphatic rings. The van der Waals surface area contributed by atoms with Crippen LogP contribution in [0.25, 0.3) is 0 Å². The van der Waals surface area contributed by atoms with Crippen LogP contribution in [0.1, 0.15) is 12.0 Å². The maximum Gasteiger partial charge on any atom is 0.240 e. The molecule has 1 rings (SSSR count). The second-order valence-corrected chi connectivity index (χ2v) is 6.22. The Balaban J connectivity index is 2.70. The van der Waals surface area contributed by atoms with Gasteiger partial charge in [0.15, 0.2) is 0 Å². The molecule has 1 unspecified atom stereocenters. The summed E-state index contributed by atoms with van der Waals surface area (Å²) < 4.78 is 31.0. The monoisotopic (exact) mass is 318 g/mol. The molecule has 2 N–H and O–H groups in total. The fourth-order valence-corrected chi connectivity index (χ4v) is 2.83. The second-order valence-electron chi connectivity index (χ2n) is 4.05. The average molecular weight is 319 g/mol. The van der Waals surface area contributed by atoms with Crippen LogP contribution in [0.2, 0.25) is 5.02 Å². The quantitative estimate of drug-likeness (QED) is 0.777. The van der Waals surface area contributed by atoms with Crippen molar-refractivity contribution in [3.8, 4) is 6.07 Å². The Morgan fingerprint density at radius 2 is 2.25 bits per heavy atom. The van der Waals surface area contributed by atoms with Gasteiger partial charge in [-0.1, -0.05) is 11.6 Å². The third kappa shape index (κ3) is 4.74. The molecule has 1 atom stereocenters. The van der Waals surface area contributed by atoms with E-state index < -0.39 is 16.1 Å². The summed E-state index contributed by atoms with van der Waals surface area (Å²) in [6, 6.07) is 5.72. The molecule has 0 amide bonds. The SMILES string of the molecule is COCC(O)CCNS(=O)(=O)c1ccc(C#N)c(Cl)c1. The van der Waals surface area contributed by atoms with Crippen molar-refractivity contribution in [2.24, 2.45) is 0 Å². The Labute approximate surface area is 123 Å². The maximum absolute atomic E-state index is 12.0. The molecule has 0 fully saturated rings. The van der Waals surface area contributed by atoms with Gasteiger partial charge in [0.1, 0.15) is 6.07 Å². The number of methoxy groups -OCH3 is 1. The molecule has 0 aliphatic heterocycles. The molecule has 0 saturated heterocycles. The van der Waals surface area contributed by atoms with E-state index in [0.717, 1.165) is 0 Å². The number of halogens is 1. The first-order valence-electron chi connectivity index (χ1n) is 5.77. The summed E-state index contributed by atoms with van der Waals surface area (Å²) in [6.45, 7) is 0.217. The van der Waals surface area contributed by atoms with E-state index in [1.807, 2.05) is 6.07 Å². The predicted molar refractivity (Wildman–Crippen MR) is 73.9 cm³/mol. The lowest BCUT2D eigenvalue weighted by Crippen LogP contribution is -2.28. The van der Waals surface area contributed by atoms with Crippen molar-refractivity contribution in [1.29, 1.82) is 5.26 Å². The number of aliphatic hydroxyl groups is 1. The smallest absolute Gasteiger partial charge is 0.240 e. The topological polar surface area (TPSA) is 99.4 Å². The Bertz CT molecular complexity index is 598. The minimum atomic E-state index is -3.71. The lowest BCUT2D eigenvalue weighted by molar-refractivity contribution is 0.0603. The van der Waals surface area contributed by atoms with Gasteiger partial charge in [-0.05, 0) is 24.6 Å². The van der Waals surface area contributed by atoms with E-state index in [-0.39, 0.29) is 35.1 Å². The Morgan fingerprint density at radius 1 is 1.55 bits per heavy atom. The number of hydrogen-bond acceptors (Lipinski definition) is 5. The van der Waals surface area contributed by atoms with Crippen LogP contribution in [0.3, 0.4) is 0 Å². The van der Waals surface area contributed by atoms with Crippen LogP contribution in [0, 0.1) is 11.3 Å². The lowest BCUT2D eigenvalue weighted by Gasteiger charge is -2.11. The highest BCUT2D eigenvalue weighted by atomic mass is 35.5. The fraction of sp³-hybridized carbons (Fsp3) is 0.417. The van der Waals surface area contributed by atoms with Crippen LogP contribution in [-0.2, 0) is 14.8 Å². The number of ether oxygens (including phenoxy) is 1. The molecule has 8 heteroatoms. The van der Waals surface area contributed by atoms with Crippen molar-refractivity contribution in [2.75, 3.05) is 20.3 Å². The molecule has 1 aromatic carbocycles. The van der Waals surface area contributed by atoms with E-state index in [1.54, 1.807) is 0 Å². The van der Waals surface area contributed by atoms with Crippen LogP contribution in [0.15, 0.2) is 23.1 Å². The highest BCUT2D eigenvalue weighted by Crippen LogP contribution is 2.20. The minimum absolute atomic E-state index is 0.0252. The van der Waals surface area contributed by atoms with Crippen molar-refractivity contribution < 1.29 is 18.3 Å². The maximum atomic E-state index is 12.0. The molecule has 6 nitrogen and oxygen atoms in total. The van der Waals surface area contributed by atoms with E-state index in [2.05, 4.69) is 4.72 Å². The van der Waals surface area contributed by atoms with Crippen LogP contribution < -0.4 is 4.72 Å². The summed E-state index contributed by atoms with van der Waals surface area (Å²) >= 11 is 5.79. The van der Waals surface area contributed by atoms with Crippen LogP contribution >= 0.6 is 11.6 Å². The summed E-state index contributed by atoms with van der Waals surface area (Å²) in [5.74, 6) is 0. The van der Waals surface area contributed by atoms with Gasteiger partial charge in [0, 0.05) is 13.7 Å². The Morgan fingerprint density at radius 3 is 2.80 bits per heavy atom. The van der Waals surface area contributed by atoms with Crippen molar-refractivity contribution in [3.63, 3.8) is 0 Å². The molecule has 1 aromatic rings. The van der Waals surface area contributed by atoms with Crippen LogP contribution in [0.5, 0.6) is 0 Å². The first-order chi connectivity index (χ1) is 9.40. The number of benzene rings is 1. The van der Waals surface area contributed by atoms with E-state index >= 15 is 0 Å². The molecule has 0 bridgehead atoms. The normalized spacial score (nSPS) is 12.9. The van der Waals surface area contributed by atoms with Crippen LogP contribution in [-0.4, -0.2) is 39.9 Å². The van der Waals surface area contributed by atoms with Gasteiger partial charge in [0.05, 0.1) is 28.2 Å². The standard InChI is InChI=1S/C12H15ClN2O4S/c1-19-8-10(16)4-5-15-20(17,18)11-3-2-9(7-14)12(13)6-11/h2-3,6,10,15-16H,4-5,8H2,1H3.